The maximum atomic E-state index is 12.1. The van der Waals surface area contributed by atoms with Crippen LogP contribution in [-0.4, -0.2) is 35.4 Å². The molecule has 1 saturated heterocycles. The lowest BCUT2D eigenvalue weighted by Gasteiger charge is -2.38. The Morgan fingerprint density at radius 1 is 1.29 bits per heavy atom. The third kappa shape index (κ3) is 3.26. The van der Waals surface area contributed by atoms with Crippen LogP contribution >= 0.6 is 0 Å². The number of pyridine rings is 1. The molecular formula is C17H24N2O2. The Hall–Kier alpha value is -1.42. The molecule has 0 radical (unpaired) electrons. The number of hydrogen-bond acceptors (Lipinski definition) is 4. The van der Waals surface area contributed by atoms with Crippen molar-refractivity contribution in [2.24, 2.45) is 5.92 Å². The topological polar surface area (TPSA) is 42.4 Å². The third-order valence-corrected chi connectivity index (χ3v) is 4.84. The molecule has 0 aromatic carbocycles. The van der Waals surface area contributed by atoms with Gasteiger partial charge in [0.15, 0.2) is 0 Å². The Bertz CT molecular complexity index is 503. The van der Waals surface area contributed by atoms with E-state index in [9.17, 15) is 4.79 Å². The molecule has 1 saturated carbocycles. The molecule has 1 aromatic heterocycles. The second-order valence-electron chi connectivity index (χ2n) is 6.17. The monoisotopic (exact) mass is 288 g/mol. The van der Waals surface area contributed by atoms with Gasteiger partial charge in [0.1, 0.15) is 5.78 Å². The van der Waals surface area contributed by atoms with Gasteiger partial charge in [-0.3, -0.25) is 9.69 Å². The number of Topliss-reactive ketones (excluding diaryl/α,β-unsaturated/α-hetero) is 1. The molecule has 1 aliphatic carbocycles. The zero-order valence-electron chi connectivity index (χ0n) is 12.8. The summed E-state index contributed by atoms with van der Waals surface area (Å²) in [5.41, 5.74) is 1.03. The number of ketones is 1. The average molecular weight is 288 g/mol. The van der Waals surface area contributed by atoms with Crippen molar-refractivity contribution in [1.82, 2.24) is 9.88 Å². The minimum absolute atomic E-state index is 0.260. The van der Waals surface area contributed by atoms with Crippen molar-refractivity contribution in [3.05, 3.63) is 23.9 Å². The van der Waals surface area contributed by atoms with E-state index >= 15 is 0 Å². The standard InChI is InChI=1S/C17H24N2O2/c1-21-17-10-4-6-13(18-17)12-19-11-3-2-8-15(19)14-7-5-9-16(14)20/h4,6,10,14-15H,2-3,5,7-9,11-12H2,1H3. The number of ether oxygens (including phenoxy) is 1. The Morgan fingerprint density at radius 2 is 2.19 bits per heavy atom. The van der Waals surface area contributed by atoms with Gasteiger partial charge in [-0.2, -0.15) is 0 Å². The summed E-state index contributed by atoms with van der Waals surface area (Å²) in [5, 5.41) is 0. The lowest BCUT2D eigenvalue weighted by Crippen LogP contribution is -2.45. The molecule has 0 spiro atoms. The number of likely N-dealkylation sites (tertiary alicyclic amines) is 1. The Morgan fingerprint density at radius 3 is 2.95 bits per heavy atom. The smallest absolute Gasteiger partial charge is 0.213 e. The Kier molecular flexibility index (Phi) is 4.54. The predicted octanol–water partition coefficient (Wildman–Crippen LogP) is 2.81. The van der Waals surface area contributed by atoms with Crippen LogP contribution in [0.25, 0.3) is 0 Å². The Labute approximate surface area is 126 Å². The van der Waals surface area contributed by atoms with Gasteiger partial charge in [-0.15, -0.1) is 0 Å². The SMILES string of the molecule is COc1cccc(CN2CCCCC2C2CCCC2=O)n1. The first-order valence-corrected chi connectivity index (χ1v) is 8.04. The van der Waals surface area contributed by atoms with Gasteiger partial charge in [-0.25, -0.2) is 4.98 Å². The summed E-state index contributed by atoms with van der Waals surface area (Å²) in [7, 11) is 1.65. The summed E-state index contributed by atoms with van der Waals surface area (Å²) in [5.74, 6) is 1.40. The number of rotatable bonds is 4. The summed E-state index contributed by atoms with van der Waals surface area (Å²) in [6.07, 6.45) is 6.56. The molecule has 2 unspecified atom stereocenters. The zero-order chi connectivity index (χ0) is 14.7. The van der Waals surface area contributed by atoms with Crippen LogP contribution in [0.2, 0.25) is 0 Å². The van der Waals surface area contributed by atoms with Gasteiger partial charge in [0.2, 0.25) is 5.88 Å². The first-order valence-electron chi connectivity index (χ1n) is 8.04. The molecule has 2 atom stereocenters. The van der Waals surface area contributed by atoms with E-state index in [4.69, 9.17) is 4.74 Å². The molecule has 0 amide bonds. The van der Waals surface area contributed by atoms with Crippen molar-refractivity contribution < 1.29 is 9.53 Å². The van der Waals surface area contributed by atoms with Crippen molar-refractivity contribution in [2.45, 2.75) is 51.1 Å². The molecule has 2 heterocycles. The van der Waals surface area contributed by atoms with Crippen LogP contribution in [0.5, 0.6) is 5.88 Å². The second-order valence-corrected chi connectivity index (χ2v) is 6.17. The molecule has 0 bridgehead atoms. The first-order chi connectivity index (χ1) is 10.3. The van der Waals surface area contributed by atoms with Crippen molar-refractivity contribution in [3.63, 3.8) is 0 Å². The quantitative estimate of drug-likeness (QED) is 0.854. The summed E-state index contributed by atoms with van der Waals surface area (Å²) >= 11 is 0. The summed E-state index contributed by atoms with van der Waals surface area (Å²) < 4.78 is 5.20. The van der Waals surface area contributed by atoms with E-state index in [1.807, 2.05) is 18.2 Å². The van der Waals surface area contributed by atoms with Crippen molar-refractivity contribution in [2.75, 3.05) is 13.7 Å². The summed E-state index contributed by atoms with van der Waals surface area (Å²) in [6, 6.07) is 6.32. The highest BCUT2D eigenvalue weighted by molar-refractivity contribution is 5.83. The fourth-order valence-corrected chi connectivity index (χ4v) is 3.79. The average Bonchev–Trinajstić information content (AvgIpc) is 2.94. The van der Waals surface area contributed by atoms with E-state index < -0.39 is 0 Å². The van der Waals surface area contributed by atoms with Gasteiger partial charge in [-0.1, -0.05) is 12.5 Å². The fourth-order valence-electron chi connectivity index (χ4n) is 3.79. The zero-order valence-corrected chi connectivity index (χ0v) is 12.8. The molecular weight excluding hydrogens is 264 g/mol. The van der Waals surface area contributed by atoms with Crippen LogP contribution in [-0.2, 0) is 11.3 Å². The minimum Gasteiger partial charge on any atom is -0.481 e. The largest absolute Gasteiger partial charge is 0.481 e. The molecule has 4 heteroatoms. The second kappa shape index (κ2) is 6.56. The number of hydrogen-bond donors (Lipinski definition) is 0. The van der Waals surface area contributed by atoms with Crippen LogP contribution in [0.4, 0.5) is 0 Å². The molecule has 1 aliphatic heterocycles. The van der Waals surface area contributed by atoms with Crippen molar-refractivity contribution >= 4 is 5.78 Å². The van der Waals surface area contributed by atoms with Gasteiger partial charge in [-0.05, 0) is 38.3 Å². The summed E-state index contributed by atoms with van der Waals surface area (Å²) in [4.78, 5) is 19.1. The van der Waals surface area contributed by atoms with E-state index in [0.717, 1.165) is 44.5 Å². The van der Waals surface area contributed by atoms with Gasteiger partial charge in [0.05, 0.1) is 12.8 Å². The third-order valence-electron chi connectivity index (χ3n) is 4.84. The molecule has 2 aliphatic rings. The van der Waals surface area contributed by atoms with Crippen LogP contribution < -0.4 is 4.74 Å². The molecule has 21 heavy (non-hydrogen) atoms. The molecule has 114 valence electrons. The van der Waals surface area contributed by atoms with Gasteiger partial charge in [0, 0.05) is 31.0 Å². The minimum atomic E-state index is 0.260. The molecule has 0 N–H and O–H groups in total. The van der Waals surface area contributed by atoms with Crippen LogP contribution in [0, 0.1) is 5.92 Å². The lowest BCUT2D eigenvalue weighted by molar-refractivity contribution is -0.123. The predicted molar refractivity (Wildman–Crippen MR) is 81.2 cm³/mol. The molecule has 4 nitrogen and oxygen atoms in total. The highest BCUT2D eigenvalue weighted by Gasteiger charge is 2.36. The van der Waals surface area contributed by atoms with Crippen molar-refractivity contribution in [3.8, 4) is 5.88 Å². The van der Waals surface area contributed by atoms with Crippen LogP contribution in [0.3, 0.4) is 0 Å². The fraction of sp³-hybridized carbons (Fsp3) is 0.647. The van der Waals surface area contributed by atoms with Crippen molar-refractivity contribution in [1.29, 1.82) is 0 Å². The van der Waals surface area contributed by atoms with Gasteiger partial charge in [0.25, 0.3) is 0 Å². The number of carbonyl (C=O) groups excluding carboxylic acids is 1. The number of carbonyl (C=O) groups is 1. The van der Waals surface area contributed by atoms with Gasteiger partial charge >= 0.3 is 0 Å². The number of methoxy groups -OCH3 is 1. The van der Waals surface area contributed by atoms with E-state index in [1.165, 1.54) is 12.8 Å². The van der Waals surface area contributed by atoms with Crippen LogP contribution in [0.1, 0.15) is 44.2 Å². The van der Waals surface area contributed by atoms with E-state index in [-0.39, 0.29) is 5.92 Å². The van der Waals surface area contributed by atoms with E-state index in [2.05, 4.69) is 9.88 Å². The highest BCUT2D eigenvalue weighted by atomic mass is 16.5. The Balaban J connectivity index is 1.73. The van der Waals surface area contributed by atoms with E-state index in [1.54, 1.807) is 7.11 Å². The molecule has 1 aromatic rings. The van der Waals surface area contributed by atoms with E-state index in [0.29, 0.717) is 17.7 Å². The van der Waals surface area contributed by atoms with Gasteiger partial charge < -0.3 is 4.74 Å². The maximum absolute atomic E-state index is 12.1. The molecule has 3 rings (SSSR count). The normalized spacial score (nSPS) is 27.0. The van der Waals surface area contributed by atoms with Crippen LogP contribution in [0.15, 0.2) is 18.2 Å². The summed E-state index contributed by atoms with van der Waals surface area (Å²) in [6.45, 7) is 1.90. The first kappa shape index (κ1) is 14.5. The lowest BCUT2D eigenvalue weighted by atomic mass is 9.88. The highest BCUT2D eigenvalue weighted by Crippen LogP contribution is 2.33. The number of aromatic nitrogens is 1. The molecule has 2 fully saturated rings. The number of piperidine rings is 1. The maximum Gasteiger partial charge on any atom is 0.213 e. The number of nitrogens with zero attached hydrogens (tertiary/aromatic N) is 2.